The van der Waals surface area contributed by atoms with Gasteiger partial charge < -0.3 is 20.3 Å². The molecule has 0 spiro atoms. The van der Waals surface area contributed by atoms with Crippen molar-refractivity contribution in [2.75, 3.05) is 26.9 Å². The number of benzene rings is 2. The summed E-state index contributed by atoms with van der Waals surface area (Å²) in [6.45, 7) is 0.207. The fourth-order valence-corrected chi connectivity index (χ4v) is 3.65. The number of ether oxygens (including phenoxy) is 2. The maximum Gasteiger partial charge on any atom is 0.341 e. The number of methoxy groups -OCH3 is 1. The van der Waals surface area contributed by atoms with E-state index in [1.165, 1.54) is 37.4 Å². The summed E-state index contributed by atoms with van der Waals surface area (Å²) >= 11 is 0. The van der Waals surface area contributed by atoms with Crippen molar-refractivity contribution in [3.63, 3.8) is 0 Å². The Hall–Kier alpha value is -2.42. The Labute approximate surface area is 152 Å². The number of carbonyl (C=O) groups excluding carboxylic acids is 1. The summed E-state index contributed by atoms with van der Waals surface area (Å²) < 4.78 is 35.6. The van der Waals surface area contributed by atoms with Crippen LogP contribution in [0.3, 0.4) is 0 Å². The van der Waals surface area contributed by atoms with Gasteiger partial charge in [0.05, 0.1) is 23.5 Å². The molecule has 0 bridgehead atoms. The van der Waals surface area contributed by atoms with Crippen molar-refractivity contribution in [3.05, 3.63) is 53.6 Å². The fraction of sp³-hybridized carbons (Fsp3) is 0.278. The van der Waals surface area contributed by atoms with Gasteiger partial charge in [0.15, 0.2) is 0 Å². The molecule has 2 aromatic rings. The van der Waals surface area contributed by atoms with Crippen molar-refractivity contribution < 1.29 is 27.8 Å². The summed E-state index contributed by atoms with van der Waals surface area (Å²) in [7, 11) is -2.63. The van der Waals surface area contributed by atoms with E-state index in [4.69, 9.17) is 15.6 Å². The van der Waals surface area contributed by atoms with Crippen molar-refractivity contribution in [1.82, 2.24) is 0 Å². The van der Waals surface area contributed by atoms with Gasteiger partial charge in [-0.2, -0.15) is 0 Å². The number of sulfone groups is 1. The lowest BCUT2D eigenvalue weighted by molar-refractivity contribution is 0.0594. The zero-order valence-electron chi connectivity index (χ0n) is 14.3. The Morgan fingerprint density at radius 1 is 1.12 bits per heavy atom. The Kier molecular flexibility index (Phi) is 6.73. The SMILES string of the molecule is COC(=O)c1cc(S(=O)(=O)c2ccc(CCN)cc2)ccc1OCCO. The fourth-order valence-electron chi connectivity index (χ4n) is 2.37. The van der Waals surface area contributed by atoms with E-state index >= 15 is 0 Å². The molecular formula is C18H21NO6S. The number of nitrogens with two attached hydrogens (primary N) is 1. The molecule has 0 radical (unpaired) electrons. The Balaban J connectivity index is 2.43. The predicted octanol–water partition coefficient (Wildman–Crippen LogP) is 1.18. The quantitative estimate of drug-likeness (QED) is 0.662. The molecule has 0 atom stereocenters. The summed E-state index contributed by atoms with van der Waals surface area (Å²) in [5.41, 5.74) is 6.41. The average molecular weight is 379 g/mol. The van der Waals surface area contributed by atoms with E-state index in [-0.39, 0.29) is 34.3 Å². The predicted molar refractivity (Wildman–Crippen MR) is 95.0 cm³/mol. The molecule has 7 nitrogen and oxygen atoms in total. The van der Waals surface area contributed by atoms with Crippen LogP contribution in [0.5, 0.6) is 5.75 Å². The van der Waals surface area contributed by atoms with Gasteiger partial charge in [0, 0.05) is 0 Å². The van der Waals surface area contributed by atoms with Gasteiger partial charge in [-0.15, -0.1) is 0 Å². The molecule has 0 saturated heterocycles. The van der Waals surface area contributed by atoms with Crippen LogP contribution in [-0.4, -0.2) is 46.4 Å². The zero-order valence-corrected chi connectivity index (χ0v) is 15.2. The Morgan fingerprint density at radius 2 is 1.77 bits per heavy atom. The van der Waals surface area contributed by atoms with Gasteiger partial charge in [0.25, 0.3) is 0 Å². The molecule has 0 aromatic heterocycles. The highest BCUT2D eigenvalue weighted by Crippen LogP contribution is 2.27. The number of aliphatic hydroxyl groups is 1. The molecule has 0 saturated carbocycles. The lowest BCUT2D eigenvalue weighted by atomic mass is 10.2. The normalized spacial score (nSPS) is 11.2. The molecular weight excluding hydrogens is 358 g/mol. The van der Waals surface area contributed by atoms with Crippen LogP contribution < -0.4 is 10.5 Å². The van der Waals surface area contributed by atoms with Gasteiger partial charge in [-0.05, 0) is 48.9 Å². The molecule has 2 rings (SSSR count). The maximum absolute atomic E-state index is 12.8. The summed E-state index contributed by atoms with van der Waals surface area (Å²) in [5, 5.41) is 8.86. The number of hydrogen-bond donors (Lipinski definition) is 2. The monoisotopic (exact) mass is 379 g/mol. The molecule has 8 heteroatoms. The van der Waals surface area contributed by atoms with Crippen LogP contribution in [0.2, 0.25) is 0 Å². The van der Waals surface area contributed by atoms with Crippen LogP contribution in [0.15, 0.2) is 52.3 Å². The van der Waals surface area contributed by atoms with Crippen LogP contribution >= 0.6 is 0 Å². The van der Waals surface area contributed by atoms with E-state index in [0.29, 0.717) is 13.0 Å². The molecule has 0 aliphatic carbocycles. The molecule has 0 fully saturated rings. The summed E-state index contributed by atoms with van der Waals surface area (Å²) in [6, 6.07) is 10.4. The van der Waals surface area contributed by atoms with Crippen LogP contribution in [0, 0.1) is 0 Å². The van der Waals surface area contributed by atoms with E-state index in [1.54, 1.807) is 12.1 Å². The second kappa shape index (κ2) is 8.79. The van der Waals surface area contributed by atoms with Crippen molar-refractivity contribution in [3.8, 4) is 5.75 Å². The minimum atomic E-state index is -3.82. The number of carbonyl (C=O) groups is 1. The lowest BCUT2D eigenvalue weighted by Crippen LogP contribution is -2.11. The average Bonchev–Trinajstić information content (AvgIpc) is 2.66. The smallest absolute Gasteiger partial charge is 0.341 e. The van der Waals surface area contributed by atoms with Crippen LogP contribution in [0.1, 0.15) is 15.9 Å². The molecule has 0 unspecified atom stereocenters. The minimum Gasteiger partial charge on any atom is -0.490 e. The van der Waals surface area contributed by atoms with E-state index in [1.807, 2.05) is 0 Å². The van der Waals surface area contributed by atoms with Gasteiger partial charge in [0.1, 0.15) is 17.9 Å². The highest BCUT2D eigenvalue weighted by atomic mass is 32.2. The van der Waals surface area contributed by atoms with Gasteiger partial charge in [0.2, 0.25) is 9.84 Å². The molecule has 3 N–H and O–H groups in total. The second-order valence-electron chi connectivity index (χ2n) is 5.41. The third-order valence-corrected chi connectivity index (χ3v) is 5.45. The standard InChI is InChI=1S/C18H21NO6S/c1-24-18(21)16-12-15(6-7-17(16)25-11-10-20)26(22,23)14-4-2-13(3-5-14)8-9-19/h2-7,12,20H,8-11,19H2,1H3. The minimum absolute atomic E-state index is 0.0261. The third-order valence-electron chi connectivity index (χ3n) is 3.68. The van der Waals surface area contributed by atoms with Crippen LogP contribution in [0.25, 0.3) is 0 Å². The van der Waals surface area contributed by atoms with Crippen molar-refractivity contribution in [2.24, 2.45) is 5.73 Å². The van der Waals surface area contributed by atoms with Crippen molar-refractivity contribution in [2.45, 2.75) is 16.2 Å². The van der Waals surface area contributed by atoms with Gasteiger partial charge in [-0.1, -0.05) is 12.1 Å². The summed E-state index contributed by atoms with van der Waals surface area (Å²) in [4.78, 5) is 12.0. The zero-order chi connectivity index (χ0) is 19.2. The van der Waals surface area contributed by atoms with Gasteiger partial charge in [-0.3, -0.25) is 0 Å². The van der Waals surface area contributed by atoms with Crippen molar-refractivity contribution in [1.29, 1.82) is 0 Å². The molecule has 0 aliphatic rings. The summed E-state index contributed by atoms with van der Waals surface area (Å²) in [6.07, 6.45) is 0.656. The van der Waals surface area contributed by atoms with E-state index in [9.17, 15) is 13.2 Å². The molecule has 2 aromatic carbocycles. The number of aliphatic hydroxyl groups excluding tert-OH is 1. The van der Waals surface area contributed by atoms with Gasteiger partial charge in [-0.25, -0.2) is 13.2 Å². The van der Waals surface area contributed by atoms with Crippen molar-refractivity contribution >= 4 is 15.8 Å². The first-order chi connectivity index (χ1) is 12.4. The molecule has 140 valence electrons. The molecule has 26 heavy (non-hydrogen) atoms. The number of hydrogen-bond acceptors (Lipinski definition) is 7. The van der Waals surface area contributed by atoms with E-state index < -0.39 is 15.8 Å². The Morgan fingerprint density at radius 3 is 2.35 bits per heavy atom. The van der Waals surface area contributed by atoms with Crippen LogP contribution in [0.4, 0.5) is 0 Å². The van der Waals surface area contributed by atoms with Gasteiger partial charge >= 0.3 is 5.97 Å². The highest BCUT2D eigenvalue weighted by molar-refractivity contribution is 7.91. The maximum atomic E-state index is 12.8. The third kappa shape index (κ3) is 4.40. The highest BCUT2D eigenvalue weighted by Gasteiger charge is 2.22. The van der Waals surface area contributed by atoms with E-state index in [0.717, 1.165) is 5.56 Å². The second-order valence-corrected chi connectivity index (χ2v) is 7.36. The molecule has 0 aliphatic heterocycles. The first kappa shape index (κ1) is 19.9. The topological polar surface area (TPSA) is 116 Å². The van der Waals surface area contributed by atoms with E-state index in [2.05, 4.69) is 4.74 Å². The summed E-state index contributed by atoms with van der Waals surface area (Å²) in [5.74, 6) is -0.587. The number of esters is 1. The number of rotatable bonds is 8. The molecule has 0 heterocycles. The first-order valence-electron chi connectivity index (χ1n) is 7.94. The molecule has 0 amide bonds. The first-order valence-corrected chi connectivity index (χ1v) is 9.42. The Bertz CT molecular complexity index is 862. The lowest BCUT2D eigenvalue weighted by Gasteiger charge is -2.12. The van der Waals surface area contributed by atoms with Crippen LogP contribution in [-0.2, 0) is 21.0 Å². The largest absolute Gasteiger partial charge is 0.490 e.